The van der Waals surface area contributed by atoms with Crippen LogP contribution in [0, 0.1) is 18.3 Å². The Morgan fingerprint density at radius 3 is 2.68 bits per heavy atom. The maximum atomic E-state index is 12.5. The van der Waals surface area contributed by atoms with Crippen LogP contribution in [0.5, 0.6) is 0 Å². The maximum Gasteiger partial charge on any atom is 0.246 e. The molecule has 0 saturated carbocycles. The zero-order valence-electron chi connectivity index (χ0n) is 14.4. The van der Waals surface area contributed by atoms with E-state index < -0.39 is 0 Å². The zero-order chi connectivity index (χ0) is 18.4. The molecule has 2 heterocycles. The number of pyridine rings is 1. The van der Waals surface area contributed by atoms with Gasteiger partial charge in [-0.1, -0.05) is 37.5 Å². The number of nitriles is 1. The highest BCUT2D eigenvalue weighted by atomic mass is 35.5. The average molecular weight is 357 g/mol. The second-order valence-corrected chi connectivity index (χ2v) is 7.42. The Morgan fingerprint density at radius 2 is 2.08 bits per heavy atom. The first kappa shape index (κ1) is 17.2. The van der Waals surface area contributed by atoms with Gasteiger partial charge in [-0.3, -0.25) is 4.79 Å². The van der Waals surface area contributed by atoms with Gasteiger partial charge in [-0.15, -0.1) is 0 Å². The van der Waals surface area contributed by atoms with Crippen LogP contribution in [0.1, 0.15) is 43.6 Å². The molecule has 0 atom stereocenters. The Morgan fingerprint density at radius 1 is 1.36 bits per heavy atom. The predicted molar refractivity (Wildman–Crippen MR) is 94.8 cm³/mol. The van der Waals surface area contributed by atoms with E-state index in [1.54, 1.807) is 16.7 Å². The van der Waals surface area contributed by atoms with Crippen molar-refractivity contribution >= 4 is 22.5 Å². The Kier molecular flexibility index (Phi) is 4.13. The van der Waals surface area contributed by atoms with Gasteiger partial charge in [-0.2, -0.15) is 10.2 Å². The van der Waals surface area contributed by atoms with Crippen LogP contribution in [0.3, 0.4) is 0 Å². The fraction of sp³-hybridized carbons (Fsp3) is 0.333. The van der Waals surface area contributed by atoms with E-state index in [0.29, 0.717) is 27.6 Å². The van der Waals surface area contributed by atoms with E-state index in [4.69, 9.17) is 16.1 Å². The van der Waals surface area contributed by atoms with Crippen LogP contribution in [-0.4, -0.2) is 14.7 Å². The summed E-state index contributed by atoms with van der Waals surface area (Å²) < 4.78 is 7.03. The van der Waals surface area contributed by atoms with Crippen LogP contribution >= 0.6 is 11.6 Å². The Bertz CT molecular complexity index is 1070. The Labute approximate surface area is 149 Å². The van der Waals surface area contributed by atoms with Crippen LogP contribution in [0.4, 0.5) is 0 Å². The summed E-state index contributed by atoms with van der Waals surface area (Å²) in [5, 5.41) is 14.1. The first-order chi connectivity index (χ1) is 11.7. The molecule has 0 aliphatic rings. The number of aromatic nitrogens is 3. The Balaban J connectivity index is 2.19. The van der Waals surface area contributed by atoms with Crippen molar-refractivity contribution in [1.82, 2.24) is 14.7 Å². The van der Waals surface area contributed by atoms with E-state index in [2.05, 4.69) is 10.1 Å². The molecule has 3 aromatic rings. The van der Waals surface area contributed by atoms with E-state index in [1.807, 2.05) is 33.8 Å². The van der Waals surface area contributed by atoms with Crippen molar-refractivity contribution in [2.24, 2.45) is 0 Å². The summed E-state index contributed by atoms with van der Waals surface area (Å²) in [5.74, 6) is 0.978. The van der Waals surface area contributed by atoms with Crippen molar-refractivity contribution in [3.05, 3.63) is 56.4 Å². The molecule has 3 rings (SSSR count). The van der Waals surface area contributed by atoms with Gasteiger partial charge in [-0.05, 0) is 24.6 Å². The van der Waals surface area contributed by atoms with Crippen LogP contribution in [-0.2, 0) is 12.0 Å². The van der Waals surface area contributed by atoms with Gasteiger partial charge < -0.3 is 9.09 Å². The van der Waals surface area contributed by atoms with Crippen LogP contribution in [0.15, 0.2) is 27.6 Å². The van der Waals surface area contributed by atoms with E-state index in [9.17, 15) is 10.1 Å². The van der Waals surface area contributed by atoms with Gasteiger partial charge in [0.2, 0.25) is 11.3 Å². The molecule has 7 heteroatoms. The van der Waals surface area contributed by atoms with E-state index in [-0.39, 0.29) is 23.0 Å². The summed E-state index contributed by atoms with van der Waals surface area (Å²) in [7, 11) is 0. The van der Waals surface area contributed by atoms with Crippen LogP contribution in [0.2, 0.25) is 5.02 Å². The summed E-state index contributed by atoms with van der Waals surface area (Å²) in [6.07, 6.45) is 1.48. The number of aryl methyl sites for hydroxylation is 1. The lowest BCUT2D eigenvalue weighted by molar-refractivity contribution is 0.358. The lowest BCUT2D eigenvalue weighted by Crippen LogP contribution is -2.15. The summed E-state index contributed by atoms with van der Waals surface area (Å²) in [6.45, 7) is 8.04. The fourth-order valence-electron chi connectivity index (χ4n) is 2.60. The molecular weight excluding hydrogens is 340 g/mol. The predicted octanol–water partition coefficient (Wildman–Crippen LogP) is 3.56. The van der Waals surface area contributed by atoms with Crippen molar-refractivity contribution in [2.75, 3.05) is 0 Å². The van der Waals surface area contributed by atoms with E-state index in [1.165, 1.54) is 6.20 Å². The number of nitrogens with zero attached hydrogens (tertiary/aromatic N) is 4. The van der Waals surface area contributed by atoms with Crippen LogP contribution < -0.4 is 5.43 Å². The third kappa shape index (κ3) is 3.15. The molecule has 0 aliphatic heterocycles. The zero-order valence-corrected chi connectivity index (χ0v) is 15.2. The average Bonchev–Trinajstić information content (AvgIpc) is 2.98. The highest BCUT2D eigenvalue weighted by Gasteiger charge is 2.21. The molecule has 1 aromatic carbocycles. The molecule has 0 N–H and O–H groups in total. The fourth-order valence-corrected chi connectivity index (χ4v) is 2.98. The number of rotatable bonds is 2. The molecule has 0 amide bonds. The largest absolute Gasteiger partial charge is 0.337 e. The molecule has 2 aromatic heterocycles. The summed E-state index contributed by atoms with van der Waals surface area (Å²) in [5.41, 5.74) is 0.876. The maximum absolute atomic E-state index is 12.5. The molecule has 0 saturated heterocycles. The number of halogens is 1. The number of benzene rings is 1. The molecule has 6 nitrogen and oxygen atoms in total. The molecule has 0 bridgehead atoms. The SMILES string of the molecule is Cc1cc(Cl)c2c(c1)c(=O)c(C#N)cn2Cc1nc(C(C)(C)C)no1. The van der Waals surface area contributed by atoms with Gasteiger partial charge >= 0.3 is 0 Å². The molecule has 0 spiro atoms. The Hall–Kier alpha value is -2.65. The lowest BCUT2D eigenvalue weighted by Gasteiger charge is -2.12. The molecule has 0 aliphatic carbocycles. The van der Waals surface area contributed by atoms with Gasteiger partial charge in [0.05, 0.1) is 10.5 Å². The smallest absolute Gasteiger partial charge is 0.246 e. The first-order valence-electron chi connectivity index (χ1n) is 7.77. The third-order valence-corrected chi connectivity index (χ3v) is 4.12. The van der Waals surface area contributed by atoms with Gasteiger partial charge in [0.25, 0.3) is 0 Å². The quantitative estimate of drug-likeness (QED) is 0.700. The van der Waals surface area contributed by atoms with Crippen molar-refractivity contribution < 1.29 is 4.52 Å². The number of fused-ring (bicyclic) bond motifs is 1. The minimum Gasteiger partial charge on any atom is -0.337 e. The third-order valence-electron chi connectivity index (χ3n) is 3.83. The van der Waals surface area contributed by atoms with Crippen molar-refractivity contribution in [3.8, 4) is 6.07 Å². The topological polar surface area (TPSA) is 84.7 Å². The van der Waals surface area contributed by atoms with E-state index in [0.717, 1.165) is 5.56 Å². The molecule has 128 valence electrons. The van der Waals surface area contributed by atoms with Gasteiger partial charge in [0, 0.05) is 17.0 Å². The van der Waals surface area contributed by atoms with Gasteiger partial charge in [0.1, 0.15) is 18.2 Å². The molecule has 25 heavy (non-hydrogen) atoms. The van der Waals surface area contributed by atoms with Crippen molar-refractivity contribution in [1.29, 1.82) is 5.26 Å². The number of hydrogen-bond donors (Lipinski definition) is 0. The highest BCUT2D eigenvalue weighted by Crippen LogP contribution is 2.25. The second-order valence-electron chi connectivity index (χ2n) is 7.02. The van der Waals surface area contributed by atoms with E-state index >= 15 is 0 Å². The summed E-state index contributed by atoms with van der Waals surface area (Å²) in [4.78, 5) is 16.9. The van der Waals surface area contributed by atoms with Gasteiger partial charge in [0.15, 0.2) is 5.82 Å². The minimum absolute atomic E-state index is 0.0460. The van der Waals surface area contributed by atoms with Gasteiger partial charge in [-0.25, -0.2) is 0 Å². The summed E-state index contributed by atoms with van der Waals surface area (Å²) >= 11 is 6.37. The van der Waals surface area contributed by atoms with Crippen molar-refractivity contribution in [2.45, 2.75) is 39.7 Å². The molecule has 0 unspecified atom stereocenters. The molecule has 0 radical (unpaired) electrons. The normalized spacial score (nSPS) is 11.7. The molecule has 0 fully saturated rings. The summed E-state index contributed by atoms with van der Waals surface area (Å²) in [6, 6.07) is 5.45. The number of hydrogen-bond acceptors (Lipinski definition) is 5. The molecular formula is C18H17ClN4O2. The van der Waals surface area contributed by atoms with Crippen molar-refractivity contribution in [3.63, 3.8) is 0 Å². The lowest BCUT2D eigenvalue weighted by atomic mass is 9.96. The standard InChI is InChI=1S/C18H17ClN4O2/c1-10-5-12-15(13(19)6-10)23(8-11(7-20)16(12)24)9-14-21-17(22-25-14)18(2,3)4/h5-6,8H,9H2,1-4H3. The first-order valence-corrected chi connectivity index (χ1v) is 8.15. The minimum atomic E-state index is -0.333. The van der Waals surface area contributed by atoms with Crippen LogP contribution in [0.25, 0.3) is 10.9 Å². The second kappa shape index (κ2) is 6.01. The highest BCUT2D eigenvalue weighted by molar-refractivity contribution is 6.35. The monoisotopic (exact) mass is 356 g/mol.